The molecule has 20 heavy (non-hydrogen) atoms. The number of nitrogens with one attached hydrogen (secondary N) is 2. The van der Waals surface area contributed by atoms with Crippen LogP contribution < -0.4 is 16.4 Å². The number of fused-ring (bicyclic) bond motifs is 1. The summed E-state index contributed by atoms with van der Waals surface area (Å²) in [6.07, 6.45) is 4.68. The second-order valence-electron chi connectivity index (χ2n) is 4.69. The van der Waals surface area contributed by atoms with E-state index in [4.69, 9.17) is 5.73 Å². The summed E-state index contributed by atoms with van der Waals surface area (Å²) >= 11 is 1.66. The molecule has 2 amide bonds. The monoisotopic (exact) mass is 317 g/mol. The van der Waals surface area contributed by atoms with E-state index in [1.165, 1.54) is 28.8 Å². The molecule has 0 radical (unpaired) electrons. The largest absolute Gasteiger partial charge is 0.346 e. The lowest BCUT2D eigenvalue weighted by Gasteiger charge is -2.10. The standard InChI is InChI=1S/C13H19N3O2S.ClH/c1-8-9-4-2-3-5-10(9)19-13(8)16-12(18)7-15-11(17)6-14;/h2-7,14H2,1H3,(H,15,17)(H,16,18);1H. The molecule has 0 aliphatic heterocycles. The minimum atomic E-state index is -0.322. The Kier molecular flexibility index (Phi) is 6.45. The lowest BCUT2D eigenvalue weighted by atomic mass is 9.96. The number of halogens is 1. The average molecular weight is 318 g/mol. The summed E-state index contributed by atoms with van der Waals surface area (Å²) in [6.45, 7) is 1.92. The third kappa shape index (κ3) is 3.94. The van der Waals surface area contributed by atoms with Gasteiger partial charge >= 0.3 is 0 Å². The summed E-state index contributed by atoms with van der Waals surface area (Å²) in [6, 6.07) is 0. The van der Waals surface area contributed by atoms with Crippen molar-refractivity contribution in [1.29, 1.82) is 0 Å². The maximum Gasteiger partial charge on any atom is 0.244 e. The Morgan fingerprint density at radius 3 is 2.60 bits per heavy atom. The number of aryl methyl sites for hydroxylation is 1. The van der Waals surface area contributed by atoms with Crippen molar-refractivity contribution in [3.05, 3.63) is 16.0 Å². The Morgan fingerprint density at radius 2 is 1.95 bits per heavy atom. The van der Waals surface area contributed by atoms with Crippen molar-refractivity contribution < 1.29 is 9.59 Å². The van der Waals surface area contributed by atoms with Gasteiger partial charge in [0.05, 0.1) is 18.1 Å². The normalized spacial score (nSPS) is 13.1. The van der Waals surface area contributed by atoms with Crippen LogP contribution in [-0.4, -0.2) is 24.9 Å². The molecular weight excluding hydrogens is 298 g/mol. The van der Waals surface area contributed by atoms with Gasteiger partial charge in [0.15, 0.2) is 0 Å². The predicted octanol–water partition coefficient (Wildman–Crippen LogP) is 1.37. The van der Waals surface area contributed by atoms with Crippen molar-refractivity contribution in [2.45, 2.75) is 32.6 Å². The number of carbonyl (C=O) groups is 2. The summed E-state index contributed by atoms with van der Waals surface area (Å²) < 4.78 is 0. The van der Waals surface area contributed by atoms with Crippen LogP contribution in [0.2, 0.25) is 0 Å². The van der Waals surface area contributed by atoms with E-state index in [9.17, 15) is 9.59 Å². The maximum absolute atomic E-state index is 11.7. The third-order valence-electron chi connectivity index (χ3n) is 3.32. The second kappa shape index (κ2) is 7.61. The molecule has 0 unspecified atom stereocenters. The van der Waals surface area contributed by atoms with E-state index < -0.39 is 0 Å². The fourth-order valence-corrected chi connectivity index (χ4v) is 3.58. The van der Waals surface area contributed by atoms with E-state index in [0.717, 1.165) is 17.8 Å². The summed E-state index contributed by atoms with van der Waals surface area (Å²) in [7, 11) is 0. The fraction of sp³-hybridized carbons (Fsp3) is 0.538. The van der Waals surface area contributed by atoms with Crippen LogP contribution >= 0.6 is 23.7 Å². The molecule has 7 heteroatoms. The van der Waals surface area contributed by atoms with E-state index in [0.29, 0.717) is 0 Å². The van der Waals surface area contributed by atoms with Crippen molar-refractivity contribution in [2.24, 2.45) is 5.73 Å². The van der Waals surface area contributed by atoms with Gasteiger partial charge in [-0.3, -0.25) is 9.59 Å². The summed E-state index contributed by atoms with van der Waals surface area (Å²) in [5.41, 5.74) is 7.74. The first-order chi connectivity index (χ1) is 9.11. The molecule has 5 nitrogen and oxygen atoms in total. The Labute approximate surface area is 128 Å². The lowest BCUT2D eigenvalue weighted by molar-refractivity contribution is -0.123. The fourth-order valence-electron chi connectivity index (χ4n) is 2.26. The summed E-state index contributed by atoms with van der Waals surface area (Å²) in [5, 5.41) is 6.25. The molecule has 1 aromatic heterocycles. The van der Waals surface area contributed by atoms with Crippen LogP contribution in [-0.2, 0) is 22.4 Å². The van der Waals surface area contributed by atoms with E-state index >= 15 is 0 Å². The Balaban J connectivity index is 0.00000200. The molecule has 0 spiro atoms. The van der Waals surface area contributed by atoms with Gasteiger partial charge in [-0.1, -0.05) is 0 Å². The SMILES string of the molecule is Cc1c(NC(=O)CNC(=O)CN)sc2c1CCCC2.Cl. The van der Waals surface area contributed by atoms with Gasteiger partial charge < -0.3 is 16.4 Å². The highest BCUT2D eigenvalue weighted by Gasteiger charge is 2.19. The zero-order valence-corrected chi connectivity index (χ0v) is 13.1. The smallest absolute Gasteiger partial charge is 0.244 e. The Morgan fingerprint density at radius 1 is 1.25 bits per heavy atom. The highest BCUT2D eigenvalue weighted by molar-refractivity contribution is 7.16. The number of nitrogens with two attached hydrogens (primary N) is 1. The molecule has 0 aromatic carbocycles. The number of rotatable bonds is 4. The van der Waals surface area contributed by atoms with Crippen molar-refractivity contribution in [1.82, 2.24) is 5.32 Å². The Hall–Kier alpha value is -1.11. The van der Waals surface area contributed by atoms with Gasteiger partial charge in [0.2, 0.25) is 11.8 Å². The van der Waals surface area contributed by atoms with Gasteiger partial charge in [0, 0.05) is 4.88 Å². The molecule has 2 rings (SSSR count). The first-order valence-corrected chi connectivity index (χ1v) is 7.31. The van der Waals surface area contributed by atoms with E-state index in [2.05, 4.69) is 17.6 Å². The van der Waals surface area contributed by atoms with Crippen LogP contribution in [0.25, 0.3) is 0 Å². The number of carbonyl (C=O) groups excluding carboxylic acids is 2. The molecule has 1 aromatic rings. The van der Waals surface area contributed by atoms with Crippen molar-refractivity contribution in [2.75, 3.05) is 18.4 Å². The number of thiophene rings is 1. The quantitative estimate of drug-likeness (QED) is 0.784. The molecule has 112 valence electrons. The number of anilines is 1. The van der Waals surface area contributed by atoms with Crippen molar-refractivity contribution in [3.8, 4) is 0 Å². The van der Waals surface area contributed by atoms with Crippen molar-refractivity contribution in [3.63, 3.8) is 0 Å². The molecule has 1 heterocycles. The van der Waals surface area contributed by atoms with Crippen LogP contribution in [0.5, 0.6) is 0 Å². The van der Waals surface area contributed by atoms with Crippen LogP contribution in [0.4, 0.5) is 5.00 Å². The van der Waals surface area contributed by atoms with Gasteiger partial charge in [-0.25, -0.2) is 0 Å². The highest BCUT2D eigenvalue weighted by atomic mass is 35.5. The molecule has 1 aliphatic rings. The molecule has 0 atom stereocenters. The van der Waals surface area contributed by atoms with E-state index in [-0.39, 0.29) is 37.3 Å². The molecule has 0 saturated heterocycles. The van der Waals surface area contributed by atoms with Crippen LogP contribution in [0.1, 0.15) is 28.8 Å². The first kappa shape index (κ1) is 16.9. The number of amides is 2. The predicted molar refractivity (Wildman–Crippen MR) is 83.6 cm³/mol. The average Bonchev–Trinajstić information content (AvgIpc) is 2.73. The molecule has 0 fully saturated rings. The lowest BCUT2D eigenvalue weighted by Crippen LogP contribution is -2.36. The van der Waals surface area contributed by atoms with Gasteiger partial charge in [-0.15, -0.1) is 23.7 Å². The molecule has 1 aliphatic carbocycles. The van der Waals surface area contributed by atoms with Gasteiger partial charge in [0.25, 0.3) is 0 Å². The van der Waals surface area contributed by atoms with Crippen LogP contribution in [0.15, 0.2) is 0 Å². The summed E-state index contributed by atoms with van der Waals surface area (Å²) in [5.74, 6) is -0.527. The third-order valence-corrected chi connectivity index (χ3v) is 4.63. The maximum atomic E-state index is 11.7. The van der Waals surface area contributed by atoms with Crippen molar-refractivity contribution >= 4 is 40.6 Å². The zero-order valence-electron chi connectivity index (χ0n) is 11.5. The number of hydrogen-bond donors (Lipinski definition) is 3. The van der Waals surface area contributed by atoms with Gasteiger partial charge in [-0.2, -0.15) is 0 Å². The molecular formula is C13H20ClN3O2S. The number of hydrogen-bond acceptors (Lipinski definition) is 4. The van der Waals surface area contributed by atoms with E-state index in [1.807, 2.05) is 0 Å². The first-order valence-electron chi connectivity index (χ1n) is 6.49. The minimum absolute atomic E-state index is 0. The highest BCUT2D eigenvalue weighted by Crippen LogP contribution is 2.37. The van der Waals surface area contributed by atoms with E-state index in [1.54, 1.807) is 11.3 Å². The topological polar surface area (TPSA) is 84.2 Å². The van der Waals surface area contributed by atoms with Crippen LogP contribution in [0, 0.1) is 6.92 Å². The van der Waals surface area contributed by atoms with Gasteiger partial charge in [0.1, 0.15) is 0 Å². The summed E-state index contributed by atoms with van der Waals surface area (Å²) in [4.78, 5) is 24.1. The Bertz CT molecular complexity index is 502. The zero-order chi connectivity index (χ0) is 13.8. The molecule has 0 saturated carbocycles. The molecule has 0 bridgehead atoms. The van der Waals surface area contributed by atoms with Gasteiger partial charge in [-0.05, 0) is 43.7 Å². The minimum Gasteiger partial charge on any atom is -0.346 e. The van der Waals surface area contributed by atoms with Crippen LogP contribution in [0.3, 0.4) is 0 Å². The second-order valence-corrected chi connectivity index (χ2v) is 5.80. The molecule has 4 N–H and O–H groups in total.